The number of para-hydroxylation sites is 1. The topological polar surface area (TPSA) is 96.0 Å². The molecular weight excluding hydrogens is 401 g/mol. The molecule has 158 valence electrons. The van der Waals surface area contributed by atoms with E-state index < -0.39 is 42.5 Å². The van der Waals surface area contributed by atoms with Crippen LogP contribution in [-0.2, 0) is 17.9 Å². The monoisotopic (exact) mass is 420 g/mol. The molecular formula is C20H19F3N4O3. The number of nitrogens with zero attached hydrogens (tertiary/aromatic N) is 1. The molecule has 1 amide bonds. The van der Waals surface area contributed by atoms with Crippen molar-refractivity contribution >= 4 is 16.8 Å². The van der Waals surface area contributed by atoms with Crippen molar-refractivity contribution in [2.75, 3.05) is 6.54 Å². The van der Waals surface area contributed by atoms with E-state index in [9.17, 15) is 27.6 Å². The van der Waals surface area contributed by atoms with Gasteiger partial charge in [0.25, 0.3) is 5.56 Å². The number of aromatic nitrogens is 2. The van der Waals surface area contributed by atoms with Gasteiger partial charge in [0.2, 0.25) is 5.91 Å². The van der Waals surface area contributed by atoms with Crippen LogP contribution in [0.1, 0.15) is 5.56 Å². The van der Waals surface area contributed by atoms with Crippen molar-refractivity contribution in [3.63, 3.8) is 0 Å². The third kappa shape index (κ3) is 5.15. The van der Waals surface area contributed by atoms with Crippen molar-refractivity contribution in [3.05, 3.63) is 81.0 Å². The molecule has 7 nitrogen and oxygen atoms in total. The molecule has 0 unspecified atom stereocenters. The van der Waals surface area contributed by atoms with Crippen LogP contribution in [0.3, 0.4) is 0 Å². The van der Waals surface area contributed by atoms with Gasteiger partial charge in [-0.3, -0.25) is 19.1 Å². The largest absolute Gasteiger partial charge is 0.405 e. The molecule has 2 aromatic carbocycles. The molecule has 1 heterocycles. The predicted molar refractivity (Wildman–Crippen MR) is 105 cm³/mol. The molecule has 3 rings (SSSR count). The van der Waals surface area contributed by atoms with Crippen LogP contribution in [0.2, 0.25) is 0 Å². The average molecular weight is 420 g/mol. The van der Waals surface area contributed by atoms with Crippen LogP contribution in [0.15, 0.2) is 64.2 Å². The lowest BCUT2D eigenvalue weighted by atomic mass is 10.2. The first kappa shape index (κ1) is 21.3. The Balaban J connectivity index is 1.68. The zero-order valence-electron chi connectivity index (χ0n) is 15.7. The van der Waals surface area contributed by atoms with Gasteiger partial charge in [0.1, 0.15) is 12.6 Å². The van der Waals surface area contributed by atoms with Crippen LogP contribution >= 0.6 is 0 Å². The van der Waals surface area contributed by atoms with Gasteiger partial charge in [0.05, 0.1) is 10.9 Å². The molecule has 0 bridgehead atoms. The van der Waals surface area contributed by atoms with Crippen LogP contribution in [0.5, 0.6) is 0 Å². The number of alkyl halides is 3. The summed E-state index contributed by atoms with van der Waals surface area (Å²) in [5.74, 6) is -0.787. The van der Waals surface area contributed by atoms with E-state index in [-0.39, 0.29) is 17.4 Å². The first-order valence-electron chi connectivity index (χ1n) is 9.08. The van der Waals surface area contributed by atoms with Gasteiger partial charge in [0, 0.05) is 13.1 Å². The summed E-state index contributed by atoms with van der Waals surface area (Å²) < 4.78 is 40.9. The molecule has 0 aliphatic heterocycles. The number of amides is 1. The third-order valence-electron chi connectivity index (χ3n) is 4.50. The fourth-order valence-electron chi connectivity index (χ4n) is 2.96. The SMILES string of the molecule is O=C(Cn1c(=O)[nH]c(=O)c2ccccc21)NC[C@@H](NCc1ccccc1)C(F)(F)F. The molecule has 0 aliphatic rings. The molecule has 30 heavy (non-hydrogen) atoms. The van der Waals surface area contributed by atoms with Gasteiger partial charge in [-0.1, -0.05) is 42.5 Å². The molecule has 0 radical (unpaired) electrons. The second-order valence-electron chi connectivity index (χ2n) is 6.63. The van der Waals surface area contributed by atoms with Crippen molar-refractivity contribution < 1.29 is 18.0 Å². The zero-order chi connectivity index (χ0) is 21.7. The molecule has 1 atom stereocenters. The third-order valence-corrected chi connectivity index (χ3v) is 4.50. The number of hydrogen-bond donors (Lipinski definition) is 3. The number of hydrogen-bond acceptors (Lipinski definition) is 4. The standard InChI is InChI=1S/C20H19F3N4O3/c21-20(22,23)16(24-10-13-6-2-1-3-7-13)11-25-17(28)12-27-15-9-5-4-8-14(15)18(29)26-19(27)30/h1-9,16,24H,10-12H2,(H,25,28)(H,26,29,30)/t16-/m1/s1. The highest BCUT2D eigenvalue weighted by molar-refractivity contribution is 5.81. The van der Waals surface area contributed by atoms with Gasteiger partial charge in [-0.2, -0.15) is 13.2 Å². The number of nitrogens with one attached hydrogen (secondary N) is 3. The number of halogens is 3. The lowest BCUT2D eigenvalue weighted by molar-refractivity contribution is -0.156. The van der Waals surface area contributed by atoms with Crippen LogP contribution in [0.4, 0.5) is 13.2 Å². The van der Waals surface area contributed by atoms with Crippen LogP contribution in [-0.4, -0.2) is 34.2 Å². The minimum atomic E-state index is -4.58. The maximum Gasteiger partial charge on any atom is 0.405 e. The number of H-pyrrole nitrogens is 1. The second-order valence-corrected chi connectivity index (χ2v) is 6.63. The summed E-state index contributed by atoms with van der Waals surface area (Å²) in [6.07, 6.45) is -4.58. The normalized spacial score (nSPS) is 12.6. The lowest BCUT2D eigenvalue weighted by Gasteiger charge is -2.22. The first-order chi connectivity index (χ1) is 14.3. The van der Waals surface area contributed by atoms with E-state index in [2.05, 4.69) is 15.6 Å². The maximum absolute atomic E-state index is 13.3. The van der Waals surface area contributed by atoms with E-state index in [4.69, 9.17) is 0 Å². The molecule has 0 saturated heterocycles. The number of benzene rings is 2. The molecule has 10 heteroatoms. The number of carbonyl (C=O) groups excluding carboxylic acids is 1. The summed E-state index contributed by atoms with van der Waals surface area (Å²) in [4.78, 5) is 38.3. The summed E-state index contributed by atoms with van der Waals surface area (Å²) >= 11 is 0. The summed E-state index contributed by atoms with van der Waals surface area (Å²) in [6.45, 7) is -1.25. The minimum Gasteiger partial charge on any atom is -0.353 e. The van der Waals surface area contributed by atoms with Crippen LogP contribution in [0.25, 0.3) is 10.9 Å². The Morgan fingerprint density at radius 1 is 1.03 bits per heavy atom. The number of carbonyl (C=O) groups is 1. The highest BCUT2D eigenvalue weighted by atomic mass is 19.4. The quantitative estimate of drug-likeness (QED) is 0.540. The molecule has 0 fully saturated rings. The fraction of sp³-hybridized carbons (Fsp3) is 0.250. The van der Waals surface area contributed by atoms with Gasteiger partial charge >= 0.3 is 11.9 Å². The Bertz CT molecular complexity index is 1140. The molecule has 1 aromatic heterocycles. The Morgan fingerprint density at radius 3 is 2.40 bits per heavy atom. The van der Waals surface area contributed by atoms with E-state index >= 15 is 0 Å². The highest BCUT2D eigenvalue weighted by Gasteiger charge is 2.39. The smallest absolute Gasteiger partial charge is 0.353 e. The fourth-order valence-corrected chi connectivity index (χ4v) is 2.96. The van der Waals surface area contributed by atoms with Crippen molar-refractivity contribution in [2.24, 2.45) is 0 Å². The Morgan fingerprint density at radius 2 is 1.70 bits per heavy atom. The molecule has 3 N–H and O–H groups in total. The highest BCUT2D eigenvalue weighted by Crippen LogP contribution is 2.20. The van der Waals surface area contributed by atoms with Gasteiger partial charge in [-0.05, 0) is 17.7 Å². The number of rotatable bonds is 7. The summed E-state index contributed by atoms with van der Waals surface area (Å²) in [5.41, 5.74) is -0.529. The molecule has 0 aliphatic carbocycles. The van der Waals surface area contributed by atoms with Crippen molar-refractivity contribution in [1.29, 1.82) is 0 Å². The number of aromatic amines is 1. The van der Waals surface area contributed by atoms with Gasteiger partial charge < -0.3 is 10.6 Å². The first-order valence-corrected chi connectivity index (χ1v) is 9.08. The molecule has 0 spiro atoms. The van der Waals surface area contributed by atoms with Crippen LogP contribution < -0.4 is 21.9 Å². The summed E-state index contributed by atoms with van der Waals surface area (Å²) in [7, 11) is 0. The van der Waals surface area contributed by atoms with Crippen molar-refractivity contribution in [1.82, 2.24) is 20.2 Å². The summed E-state index contributed by atoms with van der Waals surface area (Å²) in [6, 6.07) is 12.7. The summed E-state index contributed by atoms with van der Waals surface area (Å²) in [5, 5.41) is 4.79. The predicted octanol–water partition coefficient (Wildman–Crippen LogP) is 1.53. The van der Waals surface area contributed by atoms with E-state index in [1.807, 2.05) is 0 Å². The van der Waals surface area contributed by atoms with Crippen molar-refractivity contribution in [3.8, 4) is 0 Å². The molecule has 0 saturated carbocycles. The van der Waals surface area contributed by atoms with E-state index in [0.717, 1.165) is 4.57 Å². The Labute approximate surface area is 168 Å². The lowest BCUT2D eigenvalue weighted by Crippen LogP contribution is -2.50. The Hall–Kier alpha value is -3.40. The second kappa shape index (κ2) is 8.95. The zero-order valence-corrected chi connectivity index (χ0v) is 15.7. The van der Waals surface area contributed by atoms with Gasteiger partial charge in [-0.25, -0.2) is 4.79 Å². The van der Waals surface area contributed by atoms with E-state index in [1.165, 1.54) is 12.1 Å². The van der Waals surface area contributed by atoms with Gasteiger partial charge in [0.15, 0.2) is 0 Å². The van der Waals surface area contributed by atoms with Gasteiger partial charge in [-0.15, -0.1) is 0 Å². The molecule has 3 aromatic rings. The number of fused-ring (bicyclic) bond motifs is 1. The Kier molecular flexibility index (Phi) is 6.36. The van der Waals surface area contributed by atoms with E-state index in [1.54, 1.807) is 42.5 Å². The minimum absolute atomic E-state index is 0.0229. The average Bonchev–Trinajstić information content (AvgIpc) is 2.71. The van der Waals surface area contributed by atoms with Crippen molar-refractivity contribution in [2.45, 2.75) is 25.3 Å². The maximum atomic E-state index is 13.3. The van der Waals surface area contributed by atoms with E-state index in [0.29, 0.717) is 5.56 Å². The van der Waals surface area contributed by atoms with Crippen LogP contribution in [0, 0.1) is 0 Å².